The first-order valence-corrected chi connectivity index (χ1v) is 9.95. The second-order valence-electron chi connectivity index (χ2n) is 4.96. The third kappa shape index (κ3) is 5.04. The molecule has 8 heteroatoms. The van der Waals surface area contributed by atoms with Gasteiger partial charge < -0.3 is 4.74 Å². The van der Waals surface area contributed by atoms with Gasteiger partial charge in [-0.05, 0) is 46.3 Å². The number of hydrogen-bond acceptors (Lipinski definition) is 4. The Kier molecular flexibility index (Phi) is 6.11. The maximum absolute atomic E-state index is 12.0. The van der Waals surface area contributed by atoms with Crippen LogP contribution in [-0.4, -0.2) is 17.5 Å². The highest BCUT2D eigenvalue weighted by molar-refractivity contribution is 9.10. The molecule has 0 atom stereocenters. The topological polar surface area (TPSA) is 51.2 Å². The second kappa shape index (κ2) is 8.31. The molecule has 4 nitrogen and oxygen atoms in total. The van der Waals surface area contributed by atoms with Crippen LogP contribution in [0.25, 0.3) is 11.3 Å². The lowest BCUT2D eigenvalue weighted by molar-refractivity contribution is -0.118. The highest BCUT2D eigenvalue weighted by atomic mass is 79.9. The van der Waals surface area contributed by atoms with E-state index < -0.39 is 0 Å². The minimum Gasteiger partial charge on any atom is -0.483 e. The summed E-state index contributed by atoms with van der Waals surface area (Å²) in [6, 6.07) is 12.9. The zero-order valence-electron chi connectivity index (χ0n) is 12.6. The normalized spacial score (nSPS) is 10.5. The summed E-state index contributed by atoms with van der Waals surface area (Å²) in [4.78, 5) is 16.5. The molecule has 1 N–H and O–H groups in total. The van der Waals surface area contributed by atoms with Gasteiger partial charge in [-0.25, -0.2) is 4.98 Å². The average molecular weight is 503 g/mol. The number of hydrogen-bond donors (Lipinski definition) is 1. The molecular formula is C17H11Br2ClN2O2S. The number of carbonyl (C=O) groups excluding carboxylic acids is 1. The minimum atomic E-state index is -0.281. The molecule has 3 rings (SSSR count). The van der Waals surface area contributed by atoms with Gasteiger partial charge in [0.1, 0.15) is 5.75 Å². The first-order valence-electron chi connectivity index (χ1n) is 7.10. The highest BCUT2D eigenvalue weighted by Crippen LogP contribution is 2.29. The van der Waals surface area contributed by atoms with E-state index in [9.17, 15) is 4.79 Å². The van der Waals surface area contributed by atoms with Crippen molar-refractivity contribution in [2.24, 2.45) is 0 Å². The quantitative estimate of drug-likeness (QED) is 0.465. The summed E-state index contributed by atoms with van der Waals surface area (Å²) >= 11 is 14.0. The largest absolute Gasteiger partial charge is 0.483 e. The number of anilines is 1. The van der Waals surface area contributed by atoms with Gasteiger partial charge in [0.15, 0.2) is 11.7 Å². The third-order valence-corrected chi connectivity index (χ3v) is 5.23. The van der Waals surface area contributed by atoms with Crippen LogP contribution in [0.2, 0.25) is 5.02 Å². The number of amides is 1. The van der Waals surface area contributed by atoms with Crippen molar-refractivity contribution in [1.29, 1.82) is 0 Å². The number of nitrogens with zero attached hydrogens (tertiary/aromatic N) is 1. The predicted molar refractivity (Wildman–Crippen MR) is 109 cm³/mol. The van der Waals surface area contributed by atoms with Gasteiger partial charge >= 0.3 is 0 Å². The Labute approximate surface area is 170 Å². The summed E-state index contributed by atoms with van der Waals surface area (Å²) in [6.45, 7) is -0.119. The summed E-state index contributed by atoms with van der Waals surface area (Å²) in [5, 5.41) is 5.75. The first kappa shape index (κ1) is 18.4. The zero-order valence-corrected chi connectivity index (χ0v) is 17.4. The van der Waals surface area contributed by atoms with Gasteiger partial charge in [0.05, 0.1) is 10.2 Å². The standard InChI is InChI=1S/C17H11Br2ClN2O2S/c18-11-3-1-2-10(6-11)14-9-25-17(21-14)22-16(23)8-24-15-5-4-12(20)7-13(15)19/h1-7,9H,8H2,(H,21,22,23). The van der Waals surface area contributed by atoms with Crippen LogP contribution < -0.4 is 10.1 Å². The van der Waals surface area contributed by atoms with Crippen molar-refractivity contribution in [2.45, 2.75) is 0 Å². The number of aromatic nitrogens is 1. The van der Waals surface area contributed by atoms with E-state index in [2.05, 4.69) is 42.2 Å². The Hall–Kier alpha value is -1.41. The maximum Gasteiger partial charge on any atom is 0.264 e. The number of rotatable bonds is 5. The molecule has 0 saturated heterocycles. The van der Waals surface area contributed by atoms with Crippen LogP contribution in [0, 0.1) is 0 Å². The third-order valence-electron chi connectivity index (χ3n) is 3.12. The smallest absolute Gasteiger partial charge is 0.264 e. The Bertz CT molecular complexity index is 917. The van der Waals surface area contributed by atoms with E-state index in [0.29, 0.717) is 20.4 Å². The van der Waals surface area contributed by atoms with E-state index in [-0.39, 0.29) is 12.5 Å². The van der Waals surface area contributed by atoms with Gasteiger partial charge in [0.2, 0.25) is 0 Å². The van der Waals surface area contributed by atoms with E-state index in [4.69, 9.17) is 16.3 Å². The lowest BCUT2D eigenvalue weighted by Crippen LogP contribution is -2.20. The fourth-order valence-electron chi connectivity index (χ4n) is 2.00. The molecule has 0 saturated carbocycles. The van der Waals surface area contributed by atoms with Crippen molar-refractivity contribution in [3.8, 4) is 17.0 Å². The molecule has 0 aliphatic rings. The molecule has 1 amide bonds. The van der Waals surface area contributed by atoms with Crippen LogP contribution in [0.15, 0.2) is 56.8 Å². The fourth-order valence-corrected chi connectivity index (χ4v) is 3.93. The van der Waals surface area contributed by atoms with Crippen LogP contribution in [0.3, 0.4) is 0 Å². The van der Waals surface area contributed by atoms with Crippen LogP contribution in [-0.2, 0) is 4.79 Å². The molecular weight excluding hydrogens is 492 g/mol. The Balaban J connectivity index is 1.60. The van der Waals surface area contributed by atoms with Gasteiger partial charge in [-0.1, -0.05) is 39.7 Å². The van der Waals surface area contributed by atoms with Crippen molar-refractivity contribution < 1.29 is 9.53 Å². The van der Waals surface area contributed by atoms with Gasteiger partial charge in [0.25, 0.3) is 5.91 Å². The van der Waals surface area contributed by atoms with Crippen molar-refractivity contribution >= 4 is 65.8 Å². The van der Waals surface area contributed by atoms with E-state index in [0.717, 1.165) is 15.7 Å². The Morgan fingerprint density at radius 2 is 2.08 bits per heavy atom. The minimum absolute atomic E-state index is 0.119. The van der Waals surface area contributed by atoms with E-state index in [1.165, 1.54) is 11.3 Å². The molecule has 0 radical (unpaired) electrons. The number of benzene rings is 2. The fraction of sp³-hybridized carbons (Fsp3) is 0.0588. The zero-order chi connectivity index (χ0) is 17.8. The van der Waals surface area contributed by atoms with Gasteiger partial charge in [0, 0.05) is 20.4 Å². The van der Waals surface area contributed by atoms with Gasteiger partial charge in [-0.15, -0.1) is 11.3 Å². The molecule has 0 bridgehead atoms. The number of nitrogens with one attached hydrogen (secondary N) is 1. The van der Waals surface area contributed by atoms with Crippen molar-refractivity contribution in [1.82, 2.24) is 4.98 Å². The highest BCUT2D eigenvalue weighted by Gasteiger charge is 2.10. The number of thiazole rings is 1. The maximum atomic E-state index is 12.0. The molecule has 2 aromatic carbocycles. The average Bonchev–Trinajstić information content (AvgIpc) is 3.02. The van der Waals surface area contributed by atoms with Crippen molar-refractivity contribution in [3.05, 3.63) is 61.8 Å². The van der Waals surface area contributed by atoms with E-state index in [1.807, 2.05) is 29.6 Å². The molecule has 0 spiro atoms. The van der Waals surface area contributed by atoms with Crippen LogP contribution in [0.4, 0.5) is 5.13 Å². The SMILES string of the molecule is O=C(COc1ccc(Cl)cc1Br)Nc1nc(-c2cccc(Br)c2)cs1. The summed E-state index contributed by atoms with van der Waals surface area (Å²) in [5.41, 5.74) is 1.79. The van der Waals surface area contributed by atoms with Crippen LogP contribution in [0.1, 0.15) is 0 Å². The second-order valence-corrected chi connectivity index (χ2v) is 8.02. The van der Waals surface area contributed by atoms with Gasteiger partial charge in [-0.3, -0.25) is 10.1 Å². The summed E-state index contributed by atoms with van der Waals surface area (Å²) in [6.07, 6.45) is 0. The molecule has 0 aliphatic carbocycles. The lowest BCUT2D eigenvalue weighted by Gasteiger charge is -2.07. The molecule has 0 aliphatic heterocycles. The number of ether oxygens (including phenoxy) is 1. The number of carbonyl (C=O) groups is 1. The van der Waals surface area contributed by atoms with Crippen LogP contribution in [0.5, 0.6) is 5.75 Å². The molecule has 0 fully saturated rings. The van der Waals surface area contributed by atoms with Crippen molar-refractivity contribution in [3.63, 3.8) is 0 Å². The monoisotopic (exact) mass is 500 g/mol. The molecule has 0 unspecified atom stereocenters. The molecule has 1 aromatic heterocycles. The molecule has 3 aromatic rings. The lowest BCUT2D eigenvalue weighted by atomic mass is 10.2. The summed E-state index contributed by atoms with van der Waals surface area (Å²) in [5.74, 6) is 0.269. The van der Waals surface area contributed by atoms with Crippen LogP contribution >= 0.6 is 54.8 Å². The number of halogens is 3. The Morgan fingerprint density at radius 1 is 1.24 bits per heavy atom. The van der Waals surface area contributed by atoms with Crippen molar-refractivity contribution in [2.75, 3.05) is 11.9 Å². The summed E-state index contributed by atoms with van der Waals surface area (Å²) in [7, 11) is 0. The molecule has 25 heavy (non-hydrogen) atoms. The first-order chi connectivity index (χ1) is 12.0. The predicted octanol–water partition coefficient (Wildman–Crippen LogP) is 6.01. The molecule has 1 heterocycles. The Morgan fingerprint density at radius 3 is 2.84 bits per heavy atom. The van der Waals surface area contributed by atoms with Gasteiger partial charge in [-0.2, -0.15) is 0 Å². The van der Waals surface area contributed by atoms with E-state index in [1.54, 1.807) is 18.2 Å². The van der Waals surface area contributed by atoms with E-state index >= 15 is 0 Å². The summed E-state index contributed by atoms with van der Waals surface area (Å²) < 4.78 is 7.16. The molecule has 128 valence electrons.